The maximum Gasteiger partial charge on any atom is 0.250 e. The van der Waals surface area contributed by atoms with E-state index in [0.717, 1.165) is 41.0 Å². The minimum Gasteiger partial charge on any atom is -0.355 e. The number of benzene rings is 1. The number of nitrogens with one attached hydrogen (secondary N) is 1. The predicted molar refractivity (Wildman–Crippen MR) is 76.3 cm³/mol. The number of fused-ring (bicyclic) bond motifs is 3. The molecule has 1 aromatic rings. The molecule has 1 amide bonds. The topological polar surface area (TPSA) is 35.6 Å². The lowest BCUT2D eigenvalue weighted by molar-refractivity contribution is -0.120. The van der Waals surface area contributed by atoms with Gasteiger partial charge in [-0.2, -0.15) is 0 Å². The summed E-state index contributed by atoms with van der Waals surface area (Å²) in [5.41, 5.74) is 3.31. The first kappa shape index (κ1) is 12.0. The predicted octanol–water partition coefficient (Wildman–Crippen LogP) is 1.51. The summed E-state index contributed by atoms with van der Waals surface area (Å²) in [4.78, 5) is 16.4. The number of halogens is 1. The number of amides is 1. The number of piperazine rings is 1. The van der Waals surface area contributed by atoms with E-state index in [0.29, 0.717) is 0 Å². The fraction of sp³-hybridized carbons (Fsp3) is 0.462. The number of rotatable bonds is 0. The van der Waals surface area contributed by atoms with Crippen molar-refractivity contribution in [3.8, 4) is 0 Å². The highest BCUT2D eigenvalue weighted by Gasteiger charge is 2.38. The Morgan fingerprint density at radius 1 is 1.44 bits per heavy atom. The Labute approximate surface area is 115 Å². The van der Waals surface area contributed by atoms with Gasteiger partial charge in [-0.1, -0.05) is 0 Å². The van der Waals surface area contributed by atoms with Gasteiger partial charge in [0, 0.05) is 31.2 Å². The minimum atomic E-state index is -0.0738. The molecule has 1 atom stereocenters. The molecular weight excluding hydrogens is 294 g/mol. The van der Waals surface area contributed by atoms with Crippen LogP contribution in [0.15, 0.2) is 16.6 Å². The van der Waals surface area contributed by atoms with Crippen molar-refractivity contribution in [3.63, 3.8) is 0 Å². The minimum absolute atomic E-state index is 0.0738. The van der Waals surface area contributed by atoms with Crippen molar-refractivity contribution in [1.29, 1.82) is 0 Å². The molecule has 0 saturated carbocycles. The molecule has 2 heterocycles. The molecule has 2 aliphatic heterocycles. The van der Waals surface area contributed by atoms with Crippen LogP contribution in [0.5, 0.6) is 0 Å². The van der Waals surface area contributed by atoms with Crippen LogP contribution in [0, 0.1) is 6.92 Å². The molecule has 1 aromatic carbocycles. The average Bonchev–Trinajstić information content (AvgIpc) is 2.35. The van der Waals surface area contributed by atoms with Crippen molar-refractivity contribution in [2.75, 3.05) is 36.5 Å². The third-order valence-corrected chi connectivity index (χ3v) is 4.30. The van der Waals surface area contributed by atoms with Gasteiger partial charge in [-0.05, 0) is 40.5 Å². The van der Waals surface area contributed by atoms with Crippen LogP contribution in [0.1, 0.15) is 5.56 Å². The van der Waals surface area contributed by atoms with Gasteiger partial charge < -0.3 is 15.1 Å². The second-order valence-corrected chi connectivity index (χ2v) is 5.78. The van der Waals surface area contributed by atoms with Crippen molar-refractivity contribution in [2.45, 2.75) is 13.0 Å². The van der Waals surface area contributed by atoms with Gasteiger partial charge in [-0.25, -0.2) is 0 Å². The van der Waals surface area contributed by atoms with E-state index < -0.39 is 0 Å². The van der Waals surface area contributed by atoms with Crippen LogP contribution in [-0.4, -0.2) is 38.6 Å². The molecule has 96 valence electrons. The van der Waals surface area contributed by atoms with Crippen LogP contribution in [-0.2, 0) is 4.79 Å². The summed E-state index contributed by atoms with van der Waals surface area (Å²) < 4.78 is 1.07. The van der Waals surface area contributed by atoms with Crippen LogP contribution < -0.4 is 15.1 Å². The summed E-state index contributed by atoms with van der Waals surface area (Å²) in [7, 11) is 1.86. The van der Waals surface area contributed by atoms with E-state index >= 15 is 0 Å². The quantitative estimate of drug-likeness (QED) is 0.789. The zero-order valence-corrected chi connectivity index (χ0v) is 12.1. The number of anilines is 2. The number of hydrogen-bond acceptors (Lipinski definition) is 3. The van der Waals surface area contributed by atoms with Crippen molar-refractivity contribution < 1.29 is 4.79 Å². The number of carbonyl (C=O) groups excluding carboxylic acids is 1. The summed E-state index contributed by atoms with van der Waals surface area (Å²) in [6.07, 6.45) is 0. The highest BCUT2D eigenvalue weighted by Crippen LogP contribution is 2.42. The molecule has 3 rings (SSSR count). The van der Waals surface area contributed by atoms with E-state index in [1.54, 1.807) is 4.90 Å². The number of nitrogens with zero attached hydrogens (tertiary/aromatic N) is 2. The van der Waals surface area contributed by atoms with E-state index in [1.165, 1.54) is 0 Å². The molecule has 2 aliphatic rings. The lowest BCUT2D eigenvalue weighted by Gasteiger charge is -2.45. The average molecular weight is 310 g/mol. The van der Waals surface area contributed by atoms with Crippen molar-refractivity contribution in [3.05, 3.63) is 22.2 Å². The second-order valence-electron chi connectivity index (χ2n) is 4.93. The van der Waals surface area contributed by atoms with Gasteiger partial charge in [-0.3, -0.25) is 4.79 Å². The number of hydrogen-bond donors (Lipinski definition) is 1. The SMILES string of the molecule is Cc1cc(Br)c2c(c1)N(C)C(=O)C1CNCCN21. The fourth-order valence-corrected chi connectivity index (χ4v) is 3.58. The van der Waals surface area contributed by atoms with E-state index in [4.69, 9.17) is 0 Å². The van der Waals surface area contributed by atoms with Crippen LogP contribution in [0.2, 0.25) is 0 Å². The van der Waals surface area contributed by atoms with Crippen molar-refractivity contribution in [1.82, 2.24) is 5.32 Å². The zero-order chi connectivity index (χ0) is 12.9. The maximum absolute atomic E-state index is 12.4. The Morgan fingerprint density at radius 3 is 3.00 bits per heavy atom. The molecule has 5 heteroatoms. The lowest BCUT2D eigenvalue weighted by atomic mass is 10.0. The molecule has 0 spiro atoms. The smallest absolute Gasteiger partial charge is 0.250 e. The Kier molecular flexibility index (Phi) is 2.83. The standard InChI is InChI=1S/C13H16BrN3O/c1-8-5-9(14)12-10(6-8)16(2)13(18)11-7-15-3-4-17(11)12/h5-6,11,15H,3-4,7H2,1-2H3. The summed E-state index contributed by atoms with van der Waals surface area (Å²) in [6, 6.07) is 4.12. The molecule has 18 heavy (non-hydrogen) atoms. The van der Waals surface area contributed by atoms with Crippen LogP contribution in [0.3, 0.4) is 0 Å². The Hall–Kier alpha value is -1.07. The number of likely N-dealkylation sites (N-methyl/N-ethyl adjacent to an activating group) is 1. The van der Waals surface area contributed by atoms with E-state index in [2.05, 4.69) is 38.3 Å². The van der Waals surface area contributed by atoms with Crippen LogP contribution >= 0.6 is 15.9 Å². The lowest BCUT2D eigenvalue weighted by Crippen LogP contribution is -2.61. The highest BCUT2D eigenvalue weighted by atomic mass is 79.9. The van der Waals surface area contributed by atoms with Gasteiger partial charge in [0.1, 0.15) is 6.04 Å². The summed E-state index contributed by atoms with van der Waals surface area (Å²) >= 11 is 3.64. The fourth-order valence-electron chi connectivity index (χ4n) is 2.79. The second kappa shape index (κ2) is 4.24. The first-order valence-electron chi connectivity index (χ1n) is 6.14. The Bertz CT molecular complexity index is 517. The molecule has 1 N–H and O–H groups in total. The largest absolute Gasteiger partial charge is 0.355 e. The van der Waals surface area contributed by atoms with Crippen LogP contribution in [0.4, 0.5) is 11.4 Å². The summed E-state index contributed by atoms with van der Waals surface area (Å²) in [5.74, 6) is 0.173. The van der Waals surface area contributed by atoms with Crippen LogP contribution in [0.25, 0.3) is 0 Å². The molecule has 1 saturated heterocycles. The normalized spacial score (nSPS) is 22.8. The molecule has 4 nitrogen and oxygen atoms in total. The van der Waals surface area contributed by atoms with Gasteiger partial charge in [0.15, 0.2) is 0 Å². The number of aryl methyl sites for hydroxylation is 1. The third kappa shape index (κ3) is 1.65. The molecular formula is C13H16BrN3O. The Balaban J connectivity index is 2.18. The third-order valence-electron chi connectivity index (χ3n) is 3.70. The van der Waals surface area contributed by atoms with Gasteiger partial charge in [0.25, 0.3) is 5.91 Å². The molecule has 0 bridgehead atoms. The first-order chi connectivity index (χ1) is 8.59. The summed E-state index contributed by atoms with van der Waals surface area (Å²) in [5, 5.41) is 3.29. The van der Waals surface area contributed by atoms with Crippen molar-refractivity contribution >= 4 is 33.2 Å². The highest BCUT2D eigenvalue weighted by molar-refractivity contribution is 9.10. The van der Waals surface area contributed by atoms with Crippen molar-refractivity contribution in [2.24, 2.45) is 0 Å². The molecule has 0 aromatic heterocycles. The molecule has 0 aliphatic carbocycles. The van der Waals surface area contributed by atoms with Gasteiger partial charge in [0.05, 0.1) is 11.4 Å². The maximum atomic E-state index is 12.4. The van der Waals surface area contributed by atoms with Gasteiger partial charge >= 0.3 is 0 Å². The molecule has 0 radical (unpaired) electrons. The Morgan fingerprint density at radius 2 is 2.22 bits per heavy atom. The van der Waals surface area contributed by atoms with Gasteiger partial charge in [0.2, 0.25) is 0 Å². The summed E-state index contributed by atoms with van der Waals surface area (Å²) in [6.45, 7) is 4.57. The van der Waals surface area contributed by atoms with E-state index in [1.807, 2.05) is 14.0 Å². The number of carbonyl (C=O) groups is 1. The molecule has 1 fully saturated rings. The van der Waals surface area contributed by atoms with E-state index in [-0.39, 0.29) is 11.9 Å². The zero-order valence-electron chi connectivity index (χ0n) is 10.5. The first-order valence-corrected chi connectivity index (χ1v) is 6.94. The monoisotopic (exact) mass is 309 g/mol. The molecule has 1 unspecified atom stereocenters. The van der Waals surface area contributed by atoms with Gasteiger partial charge in [-0.15, -0.1) is 0 Å². The van der Waals surface area contributed by atoms with E-state index in [9.17, 15) is 4.79 Å².